The number of aromatic nitrogens is 2. The fourth-order valence-corrected chi connectivity index (χ4v) is 6.28. The van der Waals surface area contributed by atoms with E-state index in [1.807, 2.05) is 12.1 Å². The Hall–Kier alpha value is -0.380. The second-order valence-electron chi connectivity index (χ2n) is 9.12. The molecule has 6 N–H and O–H groups in total. The van der Waals surface area contributed by atoms with Gasteiger partial charge >= 0.3 is 0 Å². The molecule has 0 radical (unpaired) electrons. The minimum Gasteiger partial charge on any atom is -0.412 e. The van der Waals surface area contributed by atoms with E-state index < -0.39 is 0 Å². The number of piperidine rings is 2. The SMILES string of the molecule is Br.Br.Br.Br.O.c1ccc2sc(NCC3CCNCC3)nc2c1.c1ccc2sc(NCC3CCNCC3)nc2c1. The zero-order valence-corrected chi connectivity index (χ0v) is 30.2. The maximum absolute atomic E-state index is 4.59. The molecule has 6 rings (SSSR count). The van der Waals surface area contributed by atoms with Crippen molar-refractivity contribution < 1.29 is 5.48 Å². The van der Waals surface area contributed by atoms with E-state index in [2.05, 4.69) is 67.6 Å². The number of thiazole rings is 2. The van der Waals surface area contributed by atoms with Crippen LogP contribution >= 0.6 is 90.6 Å². The Balaban J connectivity index is 0.000000656. The first-order chi connectivity index (χ1) is 16.8. The van der Waals surface area contributed by atoms with Gasteiger partial charge in [0.15, 0.2) is 10.3 Å². The normalized spacial score (nSPS) is 15.2. The Bertz CT molecular complexity index is 1030. The molecule has 2 aliphatic rings. The van der Waals surface area contributed by atoms with Crippen LogP contribution in [0.3, 0.4) is 0 Å². The van der Waals surface area contributed by atoms with Crippen LogP contribution in [0.15, 0.2) is 48.5 Å². The summed E-state index contributed by atoms with van der Waals surface area (Å²) in [4.78, 5) is 9.18. The van der Waals surface area contributed by atoms with Crippen molar-refractivity contribution in [3.05, 3.63) is 48.5 Å². The zero-order chi connectivity index (χ0) is 23.0. The summed E-state index contributed by atoms with van der Waals surface area (Å²) < 4.78 is 2.53. The highest BCUT2D eigenvalue weighted by atomic mass is 79.9. The molecule has 0 unspecified atom stereocenters. The summed E-state index contributed by atoms with van der Waals surface area (Å²) in [6.45, 7) is 6.75. The lowest BCUT2D eigenvalue weighted by Crippen LogP contribution is -2.31. The van der Waals surface area contributed by atoms with Crippen LogP contribution in [0.5, 0.6) is 0 Å². The van der Waals surface area contributed by atoms with E-state index in [1.165, 1.54) is 35.1 Å². The molecule has 0 saturated carbocycles. The van der Waals surface area contributed by atoms with E-state index in [9.17, 15) is 0 Å². The van der Waals surface area contributed by atoms with Gasteiger partial charge in [0.25, 0.3) is 0 Å². The van der Waals surface area contributed by atoms with Gasteiger partial charge in [-0.15, -0.1) is 67.9 Å². The average molecular weight is 836 g/mol. The third kappa shape index (κ3) is 11.8. The Morgan fingerprint density at radius 3 is 1.33 bits per heavy atom. The number of nitrogens with zero attached hydrogens (tertiary/aromatic N) is 2. The molecular weight excluding hydrogens is 796 g/mol. The largest absolute Gasteiger partial charge is 0.412 e. The summed E-state index contributed by atoms with van der Waals surface area (Å²) in [6.07, 6.45) is 5.10. The van der Waals surface area contributed by atoms with Gasteiger partial charge < -0.3 is 26.7 Å². The molecule has 13 heteroatoms. The van der Waals surface area contributed by atoms with Crippen molar-refractivity contribution in [3.8, 4) is 0 Å². The van der Waals surface area contributed by atoms with Gasteiger partial charge in [-0.2, -0.15) is 0 Å². The molecule has 4 aromatic rings. The van der Waals surface area contributed by atoms with Crippen LogP contribution in [0.25, 0.3) is 20.4 Å². The van der Waals surface area contributed by atoms with Gasteiger partial charge in [-0.25, -0.2) is 9.97 Å². The first-order valence-corrected chi connectivity index (χ1v) is 14.1. The van der Waals surface area contributed by atoms with Crippen LogP contribution in [0.4, 0.5) is 10.3 Å². The van der Waals surface area contributed by atoms with E-state index in [1.54, 1.807) is 22.7 Å². The number of para-hydroxylation sites is 2. The van der Waals surface area contributed by atoms with Gasteiger partial charge in [0.1, 0.15) is 0 Å². The molecule has 220 valence electrons. The van der Waals surface area contributed by atoms with Crippen molar-refractivity contribution in [2.75, 3.05) is 49.9 Å². The molecule has 0 aliphatic carbocycles. The van der Waals surface area contributed by atoms with Gasteiger partial charge in [-0.3, -0.25) is 0 Å². The Morgan fingerprint density at radius 2 is 0.974 bits per heavy atom. The van der Waals surface area contributed by atoms with E-state index in [-0.39, 0.29) is 73.4 Å². The lowest BCUT2D eigenvalue weighted by atomic mass is 9.98. The fraction of sp³-hybridized carbons (Fsp3) is 0.462. The molecule has 4 heterocycles. The Morgan fingerprint density at radius 1 is 0.615 bits per heavy atom. The monoisotopic (exact) mass is 832 g/mol. The molecule has 7 nitrogen and oxygen atoms in total. The Labute approximate surface area is 281 Å². The zero-order valence-electron chi connectivity index (χ0n) is 21.7. The number of benzene rings is 2. The van der Waals surface area contributed by atoms with Crippen LogP contribution in [-0.4, -0.2) is 54.7 Å². The minimum atomic E-state index is 0. The molecule has 0 bridgehead atoms. The summed E-state index contributed by atoms with van der Waals surface area (Å²) in [5.41, 5.74) is 2.20. The average Bonchev–Trinajstić information content (AvgIpc) is 3.51. The number of hydrogen-bond acceptors (Lipinski definition) is 8. The fourth-order valence-electron chi connectivity index (χ4n) is 4.53. The van der Waals surface area contributed by atoms with Crippen molar-refractivity contribution in [1.82, 2.24) is 20.6 Å². The molecule has 0 amide bonds. The standard InChI is InChI=1S/2C13H17N3S.4BrH.H2O/c2*1-2-4-12-11(3-1)16-13(17-12)15-9-10-5-7-14-8-6-10;;;;;/h2*1-4,10,14H,5-9H2,(H,15,16);4*1H;1H2. The van der Waals surface area contributed by atoms with Crippen molar-refractivity contribution in [3.63, 3.8) is 0 Å². The van der Waals surface area contributed by atoms with Crippen LogP contribution in [0.1, 0.15) is 25.7 Å². The number of rotatable bonds is 6. The first-order valence-electron chi connectivity index (χ1n) is 12.4. The minimum absolute atomic E-state index is 0. The summed E-state index contributed by atoms with van der Waals surface area (Å²) in [6, 6.07) is 16.6. The number of nitrogens with one attached hydrogen (secondary N) is 4. The highest BCUT2D eigenvalue weighted by Crippen LogP contribution is 2.27. The highest BCUT2D eigenvalue weighted by Gasteiger charge is 2.14. The van der Waals surface area contributed by atoms with Crippen molar-refractivity contribution in [1.29, 1.82) is 0 Å². The Kier molecular flexibility index (Phi) is 20.3. The molecule has 0 atom stereocenters. The predicted octanol–water partition coefficient (Wildman–Crippen LogP) is 6.90. The molecule has 2 fully saturated rings. The lowest BCUT2D eigenvalue weighted by molar-refractivity contribution is 0.390. The second-order valence-corrected chi connectivity index (χ2v) is 11.2. The van der Waals surface area contributed by atoms with Crippen molar-refractivity contribution in [2.45, 2.75) is 25.7 Å². The second kappa shape index (κ2) is 20.5. The number of fused-ring (bicyclic) bond motifs is 2. The van der Waals surface area contributed by atoms with Gasteiger partial charge in [-0.05, 0) is 88.0 Å². The summed E-state index contributed by atoms with van der Waals surface area (Å²) in [5, 5.41) is 15.9. The van der Waals surface area contributed by atoms with E-state index >= 15 is 0 Å². The van der Waals surface area contributed by atoms with Crippen LogP contribution in [0, 0.1) is 11.8 Å². The van der Waals surface area contributed by atoms with Gasteiger partial charge in [0, 0.05) is 13.1 Å². The van der Waals surface area contributed by atoms with Crippen LogP contribution < -0.4 is 21.3 Å². The lowest BCUT2D eigenvalue weighted by Gasteiger charge is -2.22. The van der Waals surface area contributed by atoms with Crippen LogP contribution in [-0.2, 0) is 0 Å². The quantitative estimate of drug-likeness (QED) is 0.169. The number of halogens is 4. The molecule has 2 aliphatic heterocycles. The van der Waals surface area contributed by atoms with Gasteiger partial charge in [0.05, 0.1) is 20.4 Å². The topological polar surface area (TPSA) is 105 Å². The molecule has 2 aromatic carbocycles. The summed E-state index contributed by atoms with van der Waals surface area (Å²) in [7, 11) is 0. The van der Waals surface area contributed by atoms with E-state index in [0.29, 0.717) is 0 Å². The maximum Gasteiger partial charge on any atom is 0.183 e. The van der Waals surface area contributed by atoms with Gasteiger partial charge in [-0.1, -0.05) is 46.9 Å². The predicted molar refractivity (Wildman–Crippen MR) is 192 cm³/mol. The smallest absolute Gasteiger partial charge is 0.183 e. The van der Waals surface area contributed by atoms with Crippen molar-refractivity contribution in [2.24, 2.45) is 11.8 Å². The summed E-state index contributed by atoms with van der Waals surface area (Å²) in [5.74, 6) is 1.59. The third-order valence-corrected chi connectivity index (χ3v) is 8.58. The van der Waals surface area contributed by atoms with E-state index in [0.717, 1.165) is 72.4 Å². The summed E-state index contributed by atoms with van der Waals surface area (Å²) >= 11 is 3.50. The molecule has 2 saturated heterocycles. The number of anilines is 2. The molecule has 2 aromatic heterocycles. The highest BCUT2D eigenvalue weighted by molar-refractivity contribution is 8.93. The molecular formula is C26H40Br4N6OS2. The van der Waals surface area contributed by atoms with Gasteiger partial charge in [0.2, 0.25) is 0 Å². The maximum atomic E-state index is 4.59. The third-order valence-electron chi connectivity index (χ3n) is 6.59. The van der Waals surface area contributed by atoms with Crippen LogP contribution in [0.2, 0.25) is 0 Å². The molecule has 0 spiro atoms. The first kappa shape index (κ1) is 38.6. The number of hydrogen-bond donors (Lipinski definition) is 4. The van der Waals surface area contributed by atoms with Crippen molar-refractivity contribution >= 4 is 121 Å². The van der Waals surface area contributed by atoms with E-state index in [4.69, 9.17) is 0 Å². The molecule has 39 heavy (non-hydrogen) atoms.